The van der Waals surface area contributed by atoms with Gasteiger partial charge in [-0.15, -0.1) is 0 Å². The van der Waals surface area contributed by atoms with Gasteiger partial charge in [-0.3, -0.25) is 0 Å². The summed E-state index contributed by atoms with van der Waals surface area (Å²) in [7, 11) is 0. The molecule has 98 valence electrons. The van der Waals surface area contributed by atoms with E-state index in [0.29, 0.717) is 18.7 Å². The Morgan fingerprint density at radius 1 is 1.11 bits per heavy atom. The lowest BCUT2D eigenvalue weighted by atomic mass is 9.99. The Labute approximate surface area is 113 Å². The number of carbonyl (C=O) groups is 1. The van der Waals surface area contributed by atoms with Crippen molar-refractivity contribution >= 4 is 5.97 Å². The lowest BCUT2D eigenvalue weighted by molar-refractivity contribution is 0.0526. The first-order valence-electron chi connectivity index (χ1n) is 6.31. The SMILES string of the molecule is CCOC(=O)c1ccc(-c2ccccc2CN)cc1. The summed E-state index contributed by atoms with van der Waals surface area (Å²) in [6.07, 6.45) is 0. The van der Waals surface area contributed by atoms with E-state index in [2.05, 4.69) is 0 Å². The molecule has 2 aromatic rings. The number of nitrogens with two attached hydrogens (primary N) is 1. The lowest BCUT2D eigenvalue weighted by Crippen LogP contribution is -2.04. The Morgan fingerprint density at radius 3 is 2.42 bits per heavy atom. The molecule has 3 heteroatoms. The van der Waals surface area contributed by atoms with E-state index in [-0.39, 0.29) is 5.97 Å². The number of rotatable bonds is 4. The fraction of sp³-hybridized carbons (Fsp3) is 0.188. The predicted molar refractivity (Wildman–Crippen MR) is 75.7 cm³/mol. The molecule has 2 rings (SSSR count). The number of benzene rings is 2. The van der Waals surface area contributed by atoms with E-state index >= 15 is 0 Å². The molecule has 0 saturated carbocycles. The molecule has 0 atom stereocenters. The molecule has 0 spiro atoms. The fourth-order valence-electron chi connectivity index (χ4n) is 1.98. The monoisotopic (exact) mass is 255 g/mol. The first-order chi connectivity index (χ1) is 9.26. The Hall–Kier alpha value is -2.13. The molecule has 0 aliphatic rings. The van der Waals surface area contributed by atoms with Crippen molar-refractivity contribution in [3.8, 4) is 11.1 Å². The zero-order chi connectivity index (χ0) is 13.7. The molecule has 0 unspecified atom stereocenters. The van der Waals surface area contributed by atoms with Crippen molar-refractivity contribution in [2.24, 2.45) is 5.73 Å². The third-order valence-electron chi connectivity index (χ3n) is 2.94. The van der Waals surface area contributed by atoms with Crippen LogP contribution in [0.2, 0.25) is 0 Å². The van der Waals surface area contributed by atoms with Crippen LogP contribution in [-0.2, 0) is 11.3 Å². The molecule has 0 aromatic heterocycles. The van der Waals surface area contributed by atoms with Crippen LogP contribution >= 0.6 is 0 Å². The van der Waals surface area contributed by atoms with Gasteiger partial charge in [0.05, 0.1) is 12.2 Å². The summed E-state index contributed by atoms with van der Waals surface area (Å²) in [6, 6.07) is 15.4. The molecule has 2 aromatic carbocycles. The molecule has 19 heavy (non-hydrogen) atoms. The Balaban J connectivity index is 2.30. The molecule has 0 amide bonds. The van der Waals surface area contributed by atoms with Crippen molar-refractivity contribution in [1.29, 1.82) is 0 Å². The summed E-state index contributed by atoms with van der Waals surface area (Å²) >= 11 is 0. The predicted octanol–water partition coefficient (Wildman–Crippen LogP) is 2.99. The average Bonchev–Trinajstić information content (AvgIpc) is 2.47. The van der Waals surface area contributed by atoms with E-state index in [1.54, 1.807) is 19.1 Å². The van der Waals surface area contributed by atoms with Gasteiger partial charge in [0.15, 0.2) is 0 Å². The summed E-state index contributed by atoms with van der Waals surface area (Å²) in [4.78, 5) is 11.6. The normalized spacial score (nSPS) is 10.2. The Morgan fingerprint density at radius 2 is 1.79 bits per heavy atom. The maximum atomic E-state index is 11.6. The summed E-state index contributed by atoms with van der Waals surface area (Å²) < 4.78 is 4.96. The van der Waals surface area contributed by atoms with Crippen LogP contribution in [0, 0.1) is 0 Å². The van der Waals surface area contributed by atoms with Gasteiger partial charge in [0.1, 0.15) is 0 Å². The maximum absolute atomic E-state index is 11.6. The molecule has 0 heterocycles. The van der Waals surface area contributed by atoms with Crippen molar-refractivity contribution in [2.45, 2.75) is 13.5 Å². The van der Waals surface area contributed by atoms with Gasteiger partial charge >= 0.3 is 5.97 Å². The zero-order valence-corrected chi connectivity index (χ0v) is 10.9. The van der Waals surface area contributed by atoms with Crippen molar-refractivity contribution < 1.29 is 9.53 Å². The van der Waals surface area contributed by atoms with E-state index in [0.717, 1.165) is 16.7 Å². The van der Waals surface area contributed by atoms with E-state index in [4.69, 9.17) is 10.5 Å². The van der Waals surface area contributed by atoms with E-state index in [1.165, 1.54) is 0 Å². The molecular weight excluding hydrogens is 238 g/mol. The minimum absolute atomic E-state index is 0.291. The van der Waals surface area contributed by atoms with E-state index in [1.807, 2.05) is 36.4 Å². The molecule has 3 nitrogen and oxygen atoms in total. The van der Waals surface area contributed by atoms with Gasteiger partial charge in [0.25, 0.3) is 0 Å². The van der Waals surface area contributed by atoms with Gasteiger partial charge in [-0.05, 0) is 35.7 Å². The third-order valence-corrected chi connectivity index (χ3v) is 2.94. The zero-order valence-electron chi connectivity index (χ0n) is 10.9. The average molecular weight is 255 g/mol. The minimum atomic E-state index is -0.291. The van der Waals surface area contributed by atoms with Gasteiger partial charge in [-0.2, -0.15) is 0 Å². The maximum Gasteiger partial charge on any atom is 0.338 e. The molecule has 0 fully saturated rings. The van der Waals surface area contributed by atoms with Gasteiger partial charge in [-0.1, -0.05) is 36.4 Å². The lowest BCUT2D eigenvalue weighted by Gasteiger charge is -2.08. The van der Waals surface area contributed by atoms with Crippen molar-refractivity contribution in [3.63, 3.8) is 0 Å². The summed E-state index contributed by atoms with van der Waals surface area (Å²) in [5.74, 6) is -0.291. The molecule has 0 bridgehead atoms. The standard InChI is InChI=1S/C16H17NO2/c1-2-19-16(18)13-9-7-12(8-10-13)15-6-4-3-5-14(15)11-17/h3-10H,2,11,17H2,1H3. The molecule has 0 radical (unpaired) electrons. The largest absolute Gasteiger partial charge is 0.462 e. The smallest absolute Gasteiger partial charge is 0.338 e. The Kier molecular flexibility index (Phi) is 4.31. The van der Waals surface area contributed by atoms with Crippen LogP contribution in [0.5, 0.6) is 0 Å². The van der Waals surface area contributed by atoms with Gasteiger partial charge in [0.2, 0.25) is 0 Å². The van der Waals surface area contributed by atoms with Crippen LogP contribution in [0.4, 0.5) is 0 Å². The molecular formula is C16H17NO2. The van der Waals surface area contributed by atoms with Crippen LogP contribution in [-0.4, -0.2) is 12.6 Å². The van der Waals surface area contributed by atoms with Crippen LogP contribution in [0.15, 0.2) is 48.5 Å². The van der Waals surface area contributed by atoms with Crippen LogP contribution < -0.4 is 5.73 Å². The van der Waals surface area contributed by atoms with E-state index in [9.17, 15) is 4.79 Å². The number of hydrogen-bond acceptors (Lipinski definition) is 3. The van der Waals surface area contributed by atoms with Gasteiger partial charge < -0.3 is 10.5 Å². The Bertz CT molecular complexity index is 561. The van der Waals surface area contributed by atoms with Crippen LogP contribution in [0.3, 0.4) is 0 Å². The number of esters is 1. The second-order valence-electron chi connectivity index (χ2n) is 4.16. The van der Waals surface area contributed by atoms with Crippen molar-refractivity contribution in [3.05, 3.63) is 59.7 Å². The first-order valence-corrected chi connectivity index (χ1v) is 6.31. The first kappa shape index (κ1) is 13.3. The highest BCUT2D eigenvalue weighted by atomic mass is 16.5. The van der Waals surface area contributed by atoms with Crippen molar-refractivity contribution in [1.82, 2.24) is 0 Å². The van der Waals surface area contributed by atoms with Gasteiger partial charge in [-0.25, -0.2) is 4.79 Å². The fourth-order valence-corrected chi connectivity index (χ4v) is 1.98. The topological polar surface area (TPSA) is 52.3 Å². The highest BCUT2D eigenvalue weighted by Gasteiger charge is 2.07. The highest BCUT2D eigenvalue weighted by molar-refractivity contribution is 5.90. The number of ether oxygens (including phenoxy) is 1. The summed E-state index contributed by atoms with van der Waals surface area (Å²) in [6.45, 7) is 2.68. The van der Waals surface area contributed by atoms with Crippen LogP contribution in [0.1, 0.15) is 22.8 Å². The molecule has 0 saturated heterocycles. The number of carbonyl (C=O) groups excluding carboxylic acids is 1. The van der Waals surface area contributed by atoms with Crippen molar-refractivity contribution in [2.75, 3.05) is 6.61 Å². The minimum Gasteiger partial charge on any atom is -0.462 e. The molecule has 2 N–H and O–H groups in total. The van der Waals surface area contributed by atoms with E-state index < -0.39 is 0 Å². The quantitative estimate of drug-likeness (QED) is 0.854. The number of hydrogen-bond donors (Lipinski definition) is 1. The van der Waals surface area contributed by atoms with Crippen LogP contribution in [0.25, 0.3) is 11.1 Å². The second-order valence-corrected chi connectivity index (χ2v) is 4.16. The summed E-state index contributed by atoms with van der Waals surface area (Å²) in [5, 5.41) is 0. The third kappa shape index (κ3) is 3.01. The highest BCUT2D eigenvalue weighted by Crippen LogP contribution is 2.23. The molecule has 0 aliphatic carbocycles. The van der Waals surface area contributed by atoms with Gasteiger partial charge in [0, 0.05) is 6.54 Å². The molecule has 0 aliphatic heterocycles. The summed E-state index contributed by atoms with van der Waals surface area (Å²) in [5.41, 5.74) is 9.53. The second kappa shape index (κ2) is 6.16.